The molecule has 0 saturated carbocycles. The van der Waals surface area contributed by atoms with Gasteiger partial charge in [0.25, 0.3) is 5.91 Å². The van der Waals surface area contributed by atoms with Crippen LogP contribution in [0.5, 0.6) is 0 Å². The summed E-state index contributed by atoms with van der Waals surface area (Å²) >= 11 is 7.53. The van der Waals surface area contributed by atoms with Crippen LogP contribution in [-0.2, 0) is 20.7 Å². The predicted octanol–water partition coefficient (Wildman–Crippen LogP) is 6.32. The van der Waals surface area contributed by atoms with Crippen LogP contribution in [0.15, 0.2) is 125 Å². The molecule has 5 aromatic rings. The van der Waals surface area contributed by atoms with Gasteiger partial charge in [-0.15, -0.1) is 11.8 Å². The van der Waals surface area contributed by atoms with Gasteiger partial charge in [-0.2, -0.15) is 0 Å². The van der Waals surface area contributed by atoms with Crippen molar-refractivity contribution >= 4 is 57.5 Å². The maximum atomic E-state index is 13.8. The lowest BCUT2D eigenvalue weighted by molar-refractivity contribution is -0.145. The number of rotatable bonds is 8. The van der Waals surface area contributed by atoms with Crippen LogP contribution in [0, 0.1) is 0 Å². The van der Waals surface area contributed by atoms with E-state index in [2.05, 4.69) is 5.32 Å². The summed E-state index contributed by atoms with van der Waals surface area (Å²) < 4.78 is 12.8. The van der Waals surface area contributed by atoms with Gasteiger partial charge in [0.2, 0.25) is 16.8 Å². The smallest absolute Gasteiger partial charge is 0.253 e. The van der Waals surface area contributed by atoms with Gasteiger partial charge in [0, 0.05) is 5.75 Å². The van der Waals surface area contributed by atoms with E-state index in [1.165, 1.54) is 11.8 Å². The van der Waals surface area contributed by atoms with E-state index in [4.69, 9.17) is 26.4 Å². The Morgan fingerprint density at radius 1 is 0.932 bits per heavy atom. The molecule has 3 heterocycles. The normalized spacial score (nSPS) is 17.8. The Morgan fingerprint density at radius 3 is 2.20 bits per heavy atom. The molecule has 218 valence electrons. The Hall–Kier alpha value is -4.73. The summed E-state index contributed by atoms with van der Waals surface area (Å²) in [6.07, 6.45) is -0.316. The first-order valence-corrected chi connectivity index (χ1v) is 15.7. The van der Waals surface area contributed by atoms with E-state index in [9.17, 15) is 9.59 Å². The number of fused-ring (bicyclic) bond motifs is 2. The molecule has 1 fully saturated rings. The summed E-state index contributed by atoms with van der Waals surface area (Å²) in [5, 5.41) is 2.76. The van der Waals surface area contributed by atoms with Gasteiger partial charge in [0.15, 0.2) is 5.58 Å². The number of ether oxygens (including phenoxy) is 1. The number of oxazole rings is 1. The number of β-lactam (4-membered cyclic amide) rings is 1. The number of thiocarbonyl (C=S) groups is 1. The number of carbonyl (C=O) groups excluding carboxylic acids is 2. The molecule has 2 amide bonds. The molecule has 0 bridgehead atoms. The first-order valence-electron chi connectivity index (χ1n) is 14.2. The molecule has 2 aliphatic heterocycles. The van der Waals surface area contributed by atoms with Gasteiger partial charge in [-0.3, -0.25) is 14.5 Å². The number of aromatic nitrogens is 1. The van der Waals surface area contributed by atoms with Crippen molar-refractivity contribution < 1.29 is 18.7 Å². The molecular weight excluding hydrogens is 591 g/mol. The number of benzene rings is 4. The molecular formula is C35H27N3O4S2. The maximum absolute atomic E-state index is 13.8. The molecule has 0 aliphatic carbocycles. The third-order valence-electron chi connectivity index (χ3n) is 7.67. The van der Waals surface area contributed by atoms with Crippen LogP contribution in [0.1, 0.15) is 28.7 Å². The number of carbonyl (C=O) groups is 2. The summed E-state index contributed by atoms with van der Waals surface area (Å²) in [7, 11) is 0. The van der Waals surface area contributed by atoms with Crippen LogP contribution < -0.4 is 5.32 Å². The second kappa shape index (κ2) is 12.1. The number of hydrogen-bond acceptors (Lipinski definition) is 7. The lowest BCUT2D eigenvalue weighted by Gasteiger charge is -2.50. The molecule has 1 unspecified atom stereocenters. The monoisotopic (exact) mass is 617 g/mol. The van der Waals surface area contributed by atoms with E-state index in [0.29, 0.717) is 34.0 Å². The van der Waals surface area contributed by atoms with Gasteiger partial charge in [-0.05, 0) is 41.0 Å². The highest BCUT2D eigenvalue weighted by Crippen LogP contribution is 2.45. The van der Waals surface area contributed by atoms with Gasteiger partial charge < -0.3 is 14.5 Å². The van der Waals surface area contributed by atoms with E-state index in [1.54, 1.807) is 4.90 Å². The number of hydrogen-bond donors (Lipinski definition) is 1. The SMILES string of the molecule is O=C(Cc1ccccc1)NC1C(=O)N2C(C(=S)OC(c3ccccc3)c3ccccc3)=C(c3nc4ccccc4o3)CS[C@H]12. The van der Waals surface area contributed by atoms with Crippen LogP contribution in [0.25, 0.3) is 16.7 Å². The minimum absolute atomic E-state index is 0.160. The lowest BCUT2D eigenvalue weighted by Crippen LogP contribution is -2.70. The molecule has 7 nitrogen and oxygen atoms in total. The number of nitrogens with zero attached hydrogens (tertiary/aromatic N) is 2. The average Bonchev–Trinajstić information content (AvgIpc) is 3.51. The van der Waals surface area contributed by atoms with Gasteiger partial charge in [0.05, 0.1) is 12.0 Å². The highest BCUT2D eigenvalue weighted by molar-refractivity contribution is 8.00. The van der Waals surface area contributed by atoms with Gasteiger partial charge in [-0.25, -0.2) is 4.98 Å². The van der Waals surface area contributed by atoms with Crippen LogP contribution >= 0.6 is 24.0 Å². The third-order valence-corrected chi connectivity index (χ3v) is 9.24. The van der Waals surface area contributed by atoms with Crippen molar-refractivity contribution in [2.24, 2.45) is 0 Å². The molecule has 1 aromatic heterocycles. The van der Waals surface area contributed by atoms with Crippen molar-refractivity contribution in [3.8, 4) is 0 Å². The average molecular weight is 618 g/mol. The fourth-order valence-electron chi connectivity index (χ4n) is 5.53. The fraction of sp³-hybridized carbons (Fsp3) is 0.143. The minimum Gasteiger partial charge on any atom is -0.469 e. The molecule has 9 heteroatoms. The number of nitrogens with one attached hydrogen (secondary N) is 1. The molecule has 44 heavy (non-hydrogen) atoms. The standard InChI is InChI=1S/C35H27N3O4S2/c39-28(20-22-12-4-1-5-13-22)37-29-33(40)38-30(25(21-44-34(29)38)32-36-26-18-10-11-19-27(26)41-32)35(43)42-31(23-14-6-2-7-15-23)24-16-8-3-9-17-24/h1-19,29,31,34H,20-21H2,(H,37,39)/t29?,34-/m1/s1. The van der Waals surface area contributed by atoms with Crippen molar-refractivity contribution in [2.45, 2.75) is 23.9 Å². The van der Waals surface area contributed by atoms with Crippen LogP contribution in [0.4, 0.5) is 0 Å². The summed E-state index contributed by atoms with van der Waals surface area (Å²) in [4.78, 5) is 33.0. The van der Waals surface area contributed by atoms with Crippen LogP contribution in [0.3, 0.4) is 0 Å². The van der Waals surface area contributed by atoms with Crippen LogP contribution in [0.2, 0.25) is 0 Å². The van der Waals surface area contributed by atoms with E-state index < -0.39 is 12.1 Å². The molecule has 0 spiro atoms. The van der Waals surface area contributed by atoms with Crippen molar-refractivity contribution in [3.05, 3.63) is 144 Å². The minimum atomic E-state index is -0.682. The summed E-state index contributed by atoms with van der Waals surface area (Å²) in [6.45, 7) is 0. The Morgan fingerprint density at radius 2 is 1.55 bits per heavy atom. The zero-order valence-electron chi connectivity index (χ0n) is 23.5. The van der Waals surface area contributed by atoms with E-state index >= 15 is 0 Å². The summed E-state index contributed by atoms with van der Waals surface area (Å²) in [5.41, 5.74) is 5.20. The highest BCUT2D eigenvalue weighted by atomic mass is 32.2. The van der Waals surface area contributed by atoms with Gasteiger partial charge in [0.1, 0.15) is 28.7 Å². The zero-order chi connectivity index (χ0) is 30.0. The van der Waals surface area contributed by atoms with Crippen molar-refractivity contribution in [3.63, 3.8) is 0 Å². The molecule has 0 radical (unpaired) electrons. The maximum Gasteiger partial charge on any atom is 0.253 e. The lowest BCUT2D eigenvalue weighted by atomic mass is 10.0. The second-order valence-electron chi connectivity index (χ2n) is 10.5. The van der Waals surface area contributed by atoms with Gasteiger partial charge >= 0.3 is 0 Å². The first-order chi connectivity index (χ1) is 21.6. The zero-order valence-corrected chi connectivity index (χ0v) is 25.1. The molecule has 1 N–H and O–H groups in total. The number of thioether (sulfide) groups is 1. The molecule has 2 atom stereocenters. The largest absolute Gasteiger partial charge is 0.469 e. The molecule has 1 saturated heterocycles. The Labute approximate surface area is 263 Å². The molecule has 4 aromatic carbocycles. The van der Waals surface area contributed by atoms with Crippen molar-refractivity contribution in [2.75, 3.05) is 5.75 Å². The number of amides is 2. The van der Waals surface area contributed by atoms with Crippen molar-refractivity contribution in [1.82, 2.24) is 15.2 Å². The quantitative estimate of drug-likeness (QED) is 0.161. The topological polar surface area (TPSA) is 84.7 Å². The summed E-state index contributed by atoms with van der Waals surface area (Å²) in [5.74, 6) is 0.386. The van der Waals surface area contributed by atoms with E-state index in [0.717, 1.165) is 16.7 Å². The second-order valence-corrected chi connectivity index (χ2v) is 12.0. The molecule has 7 rings (SSSR count). The predicted molar refractivity (Wildman–Crippen MR) is 175 cm³/mol. The van der Waals surface area contributed by atoms with E-state index in [1.807, 2.05) is 115 Å². The molecule has 2 aliphatic rings. The van der Waals surface area contributed by atoms with Gasteiger partial charge in [-0.1, -0.05) is 103 Å². The van der Waals surface area contributed by atoms with Crippen molar-refractivity contribution in [1.29, 1.82) is 0 Å². The Kier molecular flexibility index (Phi) is 7.72. The van der Waals surface area contributed by atoms with Crippen LogP contribution in [-0.4, -0.2) is 43.9 Å². The highest BCUT2D eigenvalue weighted by Gasteiger charge is 2.54. The Balaban J connectivity index is 1.23. The number of para-hydroxylation sites is 2. The fourth-order valence-corrected chi connectivity index (χ4v) is 7.18. The first kappa shape index (κ1) is 28.1. The third kappa shape index (κ3) is 5.40. The summed E-state index contributed by atoms with van der Waals surface area (Å²) in [6, 6.07) is 36.0. The van der Waals surface area contributed by atoms with E-state index in [-0.39, 0.29) is 28.7 Å². The Bertz CT molecular complexity index is 1800.